The van der Waals surface area contributed by atoms with Crippen molar-refractivity contribution in [2.24, 2.45) is 15.9 Å². The normalized spacial score (nSPS) is 28.1. The van der Waals surface area contributed by atoms with E-state index in [1.54, 1.807) is 18.6 Å². The number of hydrogen-bond donors (Lipinski definition) is 2. The van der Waals surface area contributed by atoms with Crippen molar-refractivity contribution < 1.29 is 14.2 Å². The van der Waals surface area contributed by atoms with E-state index in [1.807, 2.05) is 54.6 Å². The lowest BCUT2D eigenvalue weighted by Crippen LogP contribution is -2.47. The van der Waals surface area contributed by atoms with E-state index in [9.17, 15) is 10.2 Å². The molecule has 1 aromatic heterocycles. The first kappa shape index (κ1) is 20.4. The van der Waals surface area contributed by atoms with Crippen LogP contribution in [0.4, 0.5) is 0 Å². The summed E-state index contributed by atoms with van der Waals surface area (Å²) in [6.07, 6.45) is 6.12. The molecule has 1 unspecified atom stereocenters. The summed E-state index contributed by atoms with van der Waals surface area (Å²) in [6, 6.07) is 20.3. The van der Waals surface area contributed by atoms with Crippen LogP contribution in [-0.2, 0) is 0 Å². The van der Waals surface area contributed by atoms with E-state index in [0.29, 0.717) is 18.7 Å². The van der Waals surface area contributed by atoms with E-state index in [-0.39, 0.29) is 16.5 Å². The van der Waals surface area contributed by atoms with Crippen molar-refractivity contribution in [3.05, 3.63) is 90.0 Å². The Labute approximate surface area is 196 Å². The highest BCUT2D eigenvalue weighted by Gasteiger charge is 2.52. The highest BCUT2D eigenvalue weighted by molar-refractivity contribution is 6.20. The van der Waals surface area contributed by atoms with Gasteiger partial charge in [0.1, 0.15) is 11.9 Å². The van der Waals surface area contributed by atoms with Gasteiger partial charge in [0.25, 0.3) is 5.84 Å². The first-order valence-corrected chi connectivity index (χ1v) is 11.3. The van der Waals surface area contributed by atoms with Crippen molar-refractivity contribution in [3.8, 4) is 11.3 Å². The lowest BCUT2D eigenvalue weighted by molar-refractivity contribution is -0.600. The highest BCUT2D eigenvalue weighted by Crippen LogP contribution is 2.48. The average Bonchev–Trinajstić information content (AvgIpc) is 3.14. The van der Waals surface area contributed by atoms with Gasteiger partial charge >= 0.3 is 0 Å². The number of aliphatic hydroxyl groups excluding tert-OH is 1. The summed E-state index contributed by atoms with van der Waals surface area (Å²) in [6.45, 7) is -0.252. The van der Waals surface area contributed by atoms with Gasteiger partial charge in [-0.3, -0.25) is 4.99 Å². The average molecular weight is 458 g/mol. The molecule has 33 heavy (non-hydrogen) atoms. The molecule has 3 aromatic rings. The van der Waals surface area contributed by atoms with Crippen LogP contribution in [0.15, 0.2) is 94.4 Å². The topological polar surface area (TPSA) is 78.1 Å². The summed E-state index contributed by atoms with van der Waals surface area (Å²) < 4.78 is -0.100. The van der Waals surface area contributed by atoms with Crippen LogP contribution in [0.2, 0.25) is 0 Å². The Kier molecular flexibility index (Phi) is 4.61. The molecule has 0 radical (unpaired) electrons. The number of halogens is 1. The summed E-state index contributed by atoms with van der Waals surface area (Å²) in [7, 11) is 0. The van der Waals surface area contributed by atoms with Gasteiger partial charge in [0.2, 0.25) is 5.70 Å². The number of amidine groups is 1. The maximum Gasteiger partial charge on any atom is 0.263 e. The molecule has 1 atom stereocenters. The number of aliphatic hydroxyl groups is 2. The van der Waals surface area contributed by atoms with Gasteiger partial charge < -0.3 is 10.2 Å². The summed E-state index contributed by atoms with van der Waals surface area (Å²) >= 11 is 7.11. The van der Waals surface area contributed by atoms with E-state index in [2.05, 4.69) is 11.1 Å². The van der Waals surface area contributed by atoms with Crippen LogP contribution in [0.1, 0.15) is 18.4 Å². The molecule has 1 fully saturated rings. The molecule has 0 bridgehead atoms. The van der Waals surface area contributed by atoms with E-state index in [0.717, 1.165) is 39.1 Å². The molecule has 3 heterocycles. The number of aromatic nitrogens is 1. The van der Waals surface area contributed by atoms with Crippen LogP contribution >= 0.6 is 11.8 Å². The molecule has 2 aliphatic heterocycles. The van der Waals surface area contributed by atoms with E-state index in [4.69, 9.17) is 21.8 Å². The number of pyridine rings is 1. The van der Waals surface area contributed by atoms with Crippen LogP contribution in [0.3, 0.4) is 0 Å². The molecule has 0 spiro atoms. The second kappa shape index (κ2) is 7.43. The van der Waals surface area contributed by atoms with E-state index < -0.39 is 5.60 Å². The molecule has 1 aliphatic carbocycles. The molecule has 1 saturated carbocycles. The van der Waals surface area contributed by atoms with E-state index in [1.165, 1.54) is 0 Å². The number of quaternary nitrogens is 1. The molecule has 3 aliphatic rings. The molecule has 6 rings (SSSR count). The smallest absolute Gasteiger partial charge is 0.263 e. The third-order valence-corrected chi connectivity index (χ3v) is 7.11. The zero-order valence-electron chi connectivity index (χ0n) is 17.8. The fourth-order valence-electron chi connectivity index (χ4n) is 4.83. The molecular weight excluding hydrogens is 436 g/mol. The van der Waals surface area contributed by atoms with Gasteiger partial charge in [-0.2, -0.15) is 4.99 Å². The number of nitrogens with zero attached hydrogens (tertiary/aromatic N) is 4. The molecular formula is C26H22ClN4O2+. The van der Waals surface area contributed by atoms with Gasteiger partial charge in [0.05, 0.1) is 41.4 Å². The largest absolute Gasteiger partial charge is 0.393 e. The minimum atomic E-state index is -1.04. The number of fused-ring (bicyclic) bond motifs is 2. The van der Waals surface area contributed by atoms with Crippen LogP contribution in [0, 0.1) is 5.92 Å². The Bertz CT molecular complexity index is 1390. The van der Waals surface area contributed by atoms with Crippen molar-refractivity contribution in [2.45, 2.75) is 18.4 Å². The Balaban J connectivity index is 1.42. The second-order valence-electron chi connectivity index (χ2n) is 8.88. The molecule has 6 nitrogen and oxygen atoms in total. The van der Waals surface area contributed by atoms with Gasteiger partial charge in [-0.1, -0.05) is 42.5 Å². The maximum atomic E-state index is 10.3. The maximum absolute atomic E-state index is 10.3. The standard InChI is InChI=1S/C26H22ClN4O2/c27-31-11-10-28-15-23(31)24(20-13-26(33,14-20)16-32)30-25(31)19-7-6-18-8-9-21(29-22(18)12-19)17-4-2-1-3-5-17/h1-12,15,20,32-33H,13-14,16H2/q+1. The first-order valence-electron chi connectivity index (χ1n) is 10.9. The molecule has 0 amide bonds. The molecule has 0 saturated heterocycles. The van der Waals surface area contributed by atoms with Gasteiger partial charge in [0, 0.05) is 16.9 Å². The van der Waals surface area contributed by atoms with Crippen molar-refractivity contribution in [1.29, 1.82) is 0 Å². The lowest BCUT2D eigenvalue weighted by atomic mass is 9.69. The van der Waals surface area contributed by atoms with Crippen molar-refractivity contribution in [2.75, 3.05) is 6.61 Å². The SMILES string of the molecule is OCC1(O)CC(C2=C3C=NC=C[N+]3(Cl)C(c3ccc4ccc(-c5ccccc5)nc4c3)=N2)C1. The van der Waals surface area contributed by atoms with Gasteiger partial charge in [-0.25, -0.2) is 4.98 Å². The van der Waals surface area contributed by atoms with Gasteiger partial charge in [0.15, 0.2) is 11.8 Å². The Morgan fingerprint density at radius 3 is 2.61 bits per heavy atom. The molecule has 7 heteroatoms. The minimum Gasteiger partial charge on any atom is -0.393 e. The van der Waals surface area contributed by atoms with Crippen molar-refractivity contribution in [1.82, 2.24) is 4.98 Å². The number of aliphatic imine (C=N–C) groups is 2. The predicted octanol–water partition coefficient (Wildman–Crippen LogP) is 4.53. The third-order valence-electron chi connectivity index (χ3n) is 6.66. The van der Waals surface area contributed by atoms with E-state index >= 15 is 0 Å². The first-order chi connectivity index (χ1) is 16.0. The minimum absolute atomic E-state index is 0.0205. The fraction of sp³-hybridized carbons (Fsp3) is 0.192. The number of hydrogen-bond acceptors (Lipinski definition) is 5. The van der Waals surface area contributed by atoms with Gasteiger partial charge in [-0.15, -0.1) is 4.00 Å². The summed E-state index contributed by atoms with van der Waals surface area (Å²) in [5.74, 6) is 0.699. The van der Waals surface area contributed by atoms with Crippen LogP contribution in [0.5, 0.6) is 0 Å². The zero-order valence-corrected chi connectivity index (χ0v) is 18.5. The summed E-state index contributed by atoms with van der Waals surface area (Å²) in [5, 5.41) is 20.8. The monoisotopic (exact) mass is 457 g/mol. The van der Waals surface area contributed by atoms with Crippen molar-refractivity contribution in [3.63, 3.8) is 0 Å². The Morgan fingerprint density at radius 1 is 1.03 bits per heavy atom. The summed E-state index contributed by atoms with van der Waals surface area (Å²) in [4.78, 5) is 14.1. The third kappa shape index (κ3) is 3.26. The Hall–Kier alpha value is -3.16. The predicted molar refractivity (Wildman–Crippen MR) is 129 cm³/mol. The second-order valence-corrected chi connectivity index (χ2v) is 9.41. The lowest BCUT2D eigenvalue weighted by Gasteiger charge is -2.41. The summed E-state index contributed by atoms with van der Waals surface area (Å²) in [5.41, 5.74) is 4.27. The Morgan fingerprint density at radius 2 is 1.82 bits per heavy atom. The highest BCUT2D eigenvalue weighted by atomic mass is 35.5. The number of rotatable bonds is 4. The zero-order chi connectivity index (χ0) is 22.6. The quantitative estimate of drug-likeness (QED) is 0.565. The molecule has 2 aromatic carbocycles. The van der Waals surface area contributed by atoms with Crippen LogP contribution in [0.25, 0.3) is 22.2 Å². The van der Waals surface area contributed by atoms with Crippen LogP contribution < -0.4 is 0 Å². The van der Waals surface area contributed by atoms with Gasteiger partial charge in [-0.05, 0) is 31.0 Å². The number of allylic oxidation sites excluding steroid dienone is 2. The molecule has 164 valence electrons. The molecule has 2 N–H and O–H groups in total. The van der Waals surface area contributed by atoms with Crippen LogP contribution in [-0.4, -0.2) is 43.5 Å². The number of benzene rings is 2. The fourth-order valence-corrected chi connectivity index (χ4v) is 5.14. The van der Waals surface area contributed by atoms with Crippen molar-refractivity contribution >= 4 is 34.7 Å².